The quantitative estimate of drug-likeness (QED) is 0.435. The van der Waals surface area contributed by atoms with Gasteiger partial charge in [0.25, 0.3) is 5.08 Å². The van der Waals surface area contributed by atoms with Crippen molar-refractivity contribution in [3.8, 4) is 11.1 Å². The number of nitrogens with zero attached hydrogens (tertiary/aromatic N) is 1. The van der Waals surface area contributed by atoms with Gasteiger partial charge in [0.05, 0.1) is 6.54 Å². The highest BCUT2D eigenvalue weighted by atomic mass is 31.2. The maximum absolute atomic E-state index is 11.6. The molecule has 1 aliphatic rings. The summed E-state index contributed by atoms with van der Waals surface area (Å²) in [5.41, 5.74) is 3.61. The highest BCUT2D eigenvalue weighted by Crippen LogP contribution is 2.67. The van der Waals surface area contributed by atoms with Crippen molar-refractivity contribution < 1.29 is 33.8 Å². The van der Waals surface area contributed by atoms with Crippen LogP contribution in [-0.2, 0) is 9.13 Å². The lowest BCUT2D eigenvalue weighted by atomic mass is 9.98. The van der Waals surface area contributed by atoms with Gasteiger partial charge in [-0.1, -0.05) is 54.6 Å². The van der Waals surface area contributed by atoms with Gasteiger partial charge in [-0.25, -0.2) is 0 Å². The highest BCUT2D eigenvalue weighted by molar-refractivity contribution is 7.72. The fraction of sp³-hybridized carbons (Fsp3) is 0.158. The first-order valence-electron chi connectivity index (χ1n) is 8.62. The number of allylic oxidation sites excluding steroid dienone is 2. The van der Waals surface area contributed by atoms with Crippen molar-refractivity contribution in [1.82, 2.24) is 4.90 Å². The Balaban J connectivity index is 1.85. The number of hydrogen-bond donors (Lipinski definition) is 5. The molecule has 0 fully saturated rings. The molecule has 1 heterocycles. The smallest absolute Gasteiger partial charge is 0.369 e. The summed E-state index contributed by atoms with van der Waals surface area (Å²) in [7, 11) is -11.0. The van der Waals surface area contributed by atoms with Gasteiger partial charge in [0.2, 0.25) is 0 Å². The zero-order valence-electron chi connectivity index (χ0n) is 15.2. The Morgan fingerprint density at radius 2 is 1.45 bits per heavy atom. The van der Waals surface area contributed by atoms with Gasteiger partial charge in [0.1, 0.15) is 0 Å². The molecule has 29 heavy (non-hydrogen) atoms. The molecule has 2 aromatic carbocycles. The van der Waals surface area contributed by atoms with E-state index in [0.717, 1.165) is 22.3 Å². The minimum atomic E-state index is -5.52. The Kier molecular flexibility index (Phi) is 5.99. The summed E-state index contributed by atoms with van der Waals surface area (Å²) < 4.78 is 23.2. The van der Waals surface area contributed by atoms with Gasteiger partial charge in [-0.05, 0) is 40.6 Å². The molecular formula is C19H21NO7P2. The second-order valence-corrected chi connectivity index (χ2v) is 10.8. The minimum absolute atomic E-state index is 0.108. The monoisotopic (exact) mass is 437 g/mol. The Morgan fingerprint density at radius 3 is 2.07 bits per heavy atom. The molecule has 0 radical (unpaired) electrons. The van der Waals surface area contributed by atoms with Crippen LogP contribution in [0.3, 0.4) is 0 Å². The zero-order valence-corrected chi connectivity index (χ0v) is 17.0. The fourth-order valence-corrected chi connectivity index (χ4v) is 5.15. The first-order chi connectivity index (χ1) is 13.5. The first-order valence-corrected chi connectivity index (χ1v) is 11.8. The molecule has 1 aliphatic heterocycles. The van der Waals surface area contributed by atoms with Gasteiger partial charge < -0.3 is 29.6 Å². The second-order valence-electron chi connectivity index (χ2n) is 6.75. The van der Waals surface area contributed by atoms with Crippen LogP contribution in [0.1, 0.15) is 5.56 Å². The van der Waals surface area contributed by atoms with Gasteiger partial charge in [0, 0.05) is 6.54 Å². The second kappa shape index (κ2) is 8.01. The fourth-order valence-electron chi connectivity index (χ4n) is 3.06. The number of benzene rings is 2. The van der Waals surface area contributed by atoms with Crippen molar-refractivity contribution in [2.24, 2.45) is 0 Å². The van der Waals surface area contributed by atoms with Gasteiger partial charge in [-0.2, -0.15) is 0 Å². The lowest BCUT2D eigenvalue weighted by Crippen LogP contribution is -2.41. The molecule has 0 atom stereocenters. The van der Waals surface area contributed by atoms with Crippen LogP contribution >= 0.6 is 15.2 Å². The molecule has 10 heteroatoms. The summed E-state index contributed by atoms with van der Waals surface area (Å²) in [5, 5.41) is 6.68. The van der Waals surface area contributed by atoms with Crippen LogP contribution < -0.4 is 0 Å². The SMILES string of the molecule is O=P(O)(O)C(O)(CN1C=CC=C(c2cccc(-c3ccccc3)c2)C1)P(=O)(O)O. The maximum atomic E-state index is 11.6. The van der Waals surface area contributed by atoms with E-state index in [-0.39, 0.29) is 6.54 Å². The number of aliphatic hydroxyl groups is 1. The largest absolute Gasteiger partial charge is 0.371 e. The van der Waals surface area contributed by atoms with E-state index >= 15 is 0 Å². The van der Waals surface area contributed by atoms with Crippen molar-refractivity contribution in [1.29, 1.82) is 0 Å². The average Bonchev–Trinajstić information content (AvgIpc) is 2.67. The number of β-amino-alcohol motifs (C(OH)–C–C–N with tert-alkyl or cyclic N) is 1. The Labute approximate surface area is 167 Å². The number of rotatable bonds is 6. The van der Waals surface area contributed by atoms with Crippen LogP contribution in [0.15, 0.2) is 72.9 Å². The highest BCUT2D eigenvalue weighted by Gasteiger charge is 2.60. The molecule has 8 nitrogen and oxygen atoms in total. The molecule has 0 bridgehead atoms. The standard InChI is InChI=1S/C19H21NO7P2/c21-19(28(22,23)24,29(25,26)27)14-20-11-5-10-18(13-20)17-9-4-8-16(12-17)15-6-2-1-3-7-15/h1-12,21H,13-14H2,(H2,22,23,24)(H2,25,26,27). The third-order valence-corrected chi connectivity index (χ3v) is 8.37. The summed E-state index contributed by atoms with van der Waals surface area (Å²) in [4.78, 5) is 38.7. The van der Waals surface area contributed by atoms with Gasteiger partial charge >= 0.3 is 15.2 Å². The van der Waals surface area contributed by atoms with Crippen molar-refractivity contribution in [3.63, 3.8) is 0 Å². The molecule has 0 saturated carbocycles. The molecule has 0 saturated heterocycles. The van der Waals surface area contributed by atoms with Crippen LogP contribution in [0.25, 0.3) is 16.7 Å². The van der Waals surface area contributed by atoms with Crippen LogP contribution in [0.2, 0.25) is 0 Å². The third kappa shape index (κ3) is 4.60. The van der Waals surface area contributed by atoms with E-state index in [9.17, 15) is 33.8 Å². The van der Waals surface area contributed by atoms with Crippen molar-refractivity contribution in [3.05, 3.63) is 78.5 Å². The molecule has 2 aromatic rings. The van der Waals surface area contributed by atoms with Crippen LogP contribution in [0.5, 0.6) is 0 Å². The van der Waals surface area contributed by atoms with E-state index < -0.39 is 26.8 Å². The summed E-state index contributed by atoms with van der Waals surface area (Å²) in [5.74, 6) is 0. The van der Waals surface area contributed by atoms with E-state index in [1.165, 1.54) is 11.1 Å². The summed E-state index contributed by atoms with van der Waals surface area (Å²) in [6.45, 7) is -0.815. The lowest BCUT2D eigenvalue weighted by Gasteiger charge is -2.35. The van der Waals surface area contributed by atoms with E-state index in [1.807, 2.05) is 54.6 Å². The minimum Gasteiger partial charge on any atom is -0.369 e. The predicted octanol–water partition coefficient (Wildman–Crippen LogP) is 2.57. The molecule has 0 unspecified atom stereocenters. The normalized spacial score (nSPS) is 15.3. The van der Waals surface area contributed by atoms with Crippen molar-refractivity contribution in [2.45, 2.75) is 5.08 Å². The van der Waals surface area contributed by atoms with E-state index in [1.54, 1.807) is 12.2 Å². The van der Waals surface area contributed by atoms with E-state index in [0.29, 0.717) is 0 Å². The molecule has 0 aliphatic carbocycles. The van der Waals surface area contributed by atoms with Crippen LogP contribution in [0, 0.1) is 0 Å². The van der Waals surface area contributed by atoms with Gasteiger partial charge in [-0.15, -0.1) is 0 Å². The lowest BCUT2D eigenvalue weighted by molar-refractivity contribution is 0.106. The third-order valence-electron chi connectivity index (χ3n) is 4.66. The molecule has 5 N–H and O–H groups in total. The van der Waals surface area contributed by atoms with E-state index in [4.69, 9.17) is 0 Å². The molecule has 0 aromatic heterocycles. The number of hydrogen-bond acceptors (Lipinski definition) is 4. The van der Waals surface area contributed by atoms with Crippen molar-refractivity contribution in [2.75, 3.05) is 13.1 Å². The Bertz CT molecular complexity index is 1020. The molecule has 3 rings (SSSR count). The van der Waals surface area contributed by atoms with Gasteiger partial charge in [-0.3, -0.25) is 9.13 Å². The van der Waals surface area contributed by atoms with Crippen molar-refractivity contribution >= 4 is 20.8 Å². The molecule has 0 spiro atoms. The Morgan fingerprint density at radius 1 is 0.862 bits per heavy atom. The van der Waals surface area contributed by atoms with Gasteiger partial charge in [0.15, 0.2) is 0 Å². The first kappa shape index (κ1) is 21.7. The van der Waals surface area contributed by atoms with Crippen LogP contribution in [0.4, 0.5) is 0 Å². The van der Waals surface area contributed by atoms with Crippen LogP contribution in [-0.4, -0.2) is 47.8 Å². The van der Waals surface area contributed by atoms with E-state index in [2.05, 4.69) is 0 Å². The molecule has 154 valence electrons. The summed E-state index contributed by atoms with van der Waals surface area (Å²) in [6.07, 6.45) is 4.81. The molecular weight excluding hydrogens is 416 g/mol. The zero-order chi connectivity index (χ0) is 21.3. The molecule has 0 amide bonds. The topological polar surface area (TPSA) is 139 Å². The summed E-state index contributed by atoms with van der Waals surface area (Å²) in [6, 6.07) is 17.4. The maximum Gasteiger partial charge on any atom is 0.371 e. The Hall–Kier alpha value is -2.02. The predicted molar refractivity (Wildman–Crippen MR) is 110 cm³/mol. The average molecular weight is 437 g/mol. The summed E-state index contributed by atoms with van der Waals surface area (Å²) >= 11 is 0.